The van der Waals surface area contributed by atoms with E-state index >= 15 is 0 Å². The summed E-state index contributed by atoms with van der Waals surface area (Å²) in [5, 5.41) is 9.09. The molecule has 144 valence electrons. The zero-order chi connectivity index (χ0) is 19.1. The van der Waals surface area contributed by atoms with Crippen LogP contribution < -0.4 is 4.74 Å². The highest BCUT2D eigenvalue weighted by molar-refractivity contribution is 5.90. The molecule has 0 saturated carbocycles. The van der Waals surface area contributed by atoms with Crippen LogP contribution in [0.25, 0.3) is 11.1 Å². The molecule has 0 radical (unpaired) electrons. The van der Waals surface area contributed by atoms with Crippen LogP contribution in [-0.4, -0.2) is 17.7 Å². The summed E-state index contributed by atoms with van der Waals surface area (Å²) in [6.07, 6.45) is 0. The van der Waals surface area contributed by atoms with Gasteiger partial charge in [-0.15, -0.1) is 0 Å². The molecule has 0 unspecified atom stereocenters. The van der Waals surface area contributed by atoms with E-state index in [1.807, 2.05) is 39.8 Å². The van der Waals surface area contributed by atoms with E-state index in [0.717, 1.165) is 39.5 Å². The number of carbonyl (C=O) groups is 1. The normalized spacial score (nSPS) is 9.85. The number of carboxylic acid groups (broad SMARTS) is 1. The Morgan fingerprint density at radius 2 is 1.42 bits per heavy atom. The van der Waals surface area contributed by atoms with Crippen LogP contribution in [0.2, 0.25) is 0 Å². The predicted octanol–water partition coefficient (Wildman–Crippen LogP) is 6.67. The van der Waals surface area contributed by atoms with Crippen molar-refractivity contribution in [2.45, 2.75) is 55.9 Å². The van der Waals surface area contributed by atoms with Crippen molar-refractivity contribution >= 4 is 5.97 Å². The zero-order valence-corrected chi connectivity index (χ0v) is 16.4. The van der Waals surface area contributed by atoms with Crippen LogP contribution in [0.15, 0.2) is 30.3 Å². The Kier molecular flexibility index (Phi) is 9.71. The smallest absolute Gasteiger partial charge is 0.335 e. The SMILES string of the molecule is C.CC(C)C.CCOc1c(C)cc(-c2ccc(C(=O)O)c(C)c2)cc1C. The summed E-state index contributed by atoms with van der Waals surface area (Å²) in [7, 11) is 0. The van der Waals surface area contributed by atoms with Crippen LogP contribution in [0.3, 0.4) is 0 Å². The van der Waals surface area contributed by atoms with Crippen molar-refractivity contribution in [3.63, 3.8) is 0 Å². The van der Waals surface area contributed by atoms with Crippen LogP contribution in [0, 0.1) is 26.7 Å². The molecular formula is C23H34O3. The third-order valence-corrected chi connectivity index (χ3v) is 3.54. The molecule has 3 heteroatoms. The number of rotatable bonds is 4. The largest absolute Gasteiger partial charge is 0.493 e. The molecule has 0 atom stereocenters. The summed E-state index contributed by atoms with van der Waals surface area (Å²) in [5.41, 5.74) is 5.39. The zero-order valence-electron chi connectivity index (χ0n) is 16.4. The molecule has 2 aromatic carbocycles. The minimum absolute atomic E-state index is 0. The Labute approximate surface area is 159 Å². The summed E-state index contributed by atoms with van der Waals surface area (Å²) in [6.45, 7) is 15.0. The summed E-state index contributed by atoms with van der Waals surface area (Å²) < 4.78 is 5.65. The second kappa shape index (κ2) is 10.6. The maximum Gasteiger partial charge on any atom is 0.335 e. The molecule has 0 heterocycles. The molecule has 0 aliphatic heterocycles. The molecule has 2 aromatic rings. The van der Waals surface area contributed by atoms with Gasteiger partial charge < -0.3 is 9.84 Å². The van der Waals surface area contributed by atoms with Crippen molar-refractivity contribution in [1.82, 2.24) is 0 Å². The lowest BCUT2D eigenvalue weighted by atomic mass is 9.96. The first-order chi connectivity index (χ1) is 11.7. The van der Waals surface area contributed by atoms with Gasteiger partial charge in [0.25, 0.3) is 0 Å². The molecule has 3 nitrogen and oxygen atoms in total. The van der Waals surface area contributed by atoms with Gasteiger partial charge in [-0.05, 0) is 79.6 Å². The lowest BCUT2D eigenvalue weighted by molar-refractivity contribution is 0.0696. The standard InChI is InChI=1S/C18H20O3.C4H10.CH4/c1-5-21-17-12(3)9-15(10-13(17)4)14-6-7-16(18(19)20)11(2)8-14;1-4(2)3;/h6-10H,5H2,1-4H3,(H,19,20);4H,1-3H3;1H4. The number of benzene rings is 2. The van der Waals surface area contributed by atoms with Crippen LogP contribution in [0.5, 0.6) is 5.75 Å². The van der Waals surface area contributed by atoms with Gasteiger partial charge in [-0.25, -0.2) is 4.79 Å². The average molecular weight is 359 g/mol. The summed E-state index contributed by atoms with van der Waals surface area (Å²) >= 11 is 0. The molecule has 2 rings (SSSR count). The van der Waals surface area contributed by atoms with E-state index in [1.54, 1.807) is 6.07 Å². The maximum atomic E-state index is 11.1. The van der Waals surface area contributed by atoms with Crippen molar-refractivity contribution in [2.75, 3.05) is 6.61 Å². The average Bonchev–Trinajstić information content (AvgIpc) is 2.49. The summed E-state index contributed by atoms with van der Waals surface area (Å²) in [4.78, 5) is 11.1. The van der Waals surface area contributed by atoms with E-state index in [4.69, 9.17) is 9.84 Å². The minimum Gasteiger partial charge on any atom is -0.493 e. The fourth-order valence-corrected chi connectivity index (χ4v) is 2.57. The highest BCUT2D eigenvalue weighted by Gasteiger charge is 2.11. The fourth-order valence-electron chi connectivity index (χ4n) is 2.57. The molecule has 1 N–H and O–H groups in total. The quantitative estimate of drug-likeness (QED) is 0.663. The first-order valence-electron chi connectivity index (χ1n) is 8.75. The van der Waals surface area contributed by atoms with E-state index in [2.05, 4.69) is 32.9 Å². The van der Waals surface area contributed by atoms with E-state index in [1.165, 1.54) is 0 Å². The highest BCUT2D eigenvalue weighted by Crippen LogP contribution is 2.31. The van der Waals surface area contributed by atoms with Crippen LogP contribution >= 0.6 is 0 Å². The van der Waals surface area contributed by atoms with Crippen LogP contribution in [-0.2, 0) is 0 Å². The molecule has 0 aromatic heterocycles. The third kappa shape index (κ3) is 6.55. The molecule has 0 fully saturated rings. The van der Waals surface area contributed by atoms with Gasteiger partial charge in [0.1, 0.15) is 5.75 Å². The van der Waals surface area contributed by atoms with E-state index < -0.39 is 5.97 Å². The number of hydrogen-bond donors (Lipinski definition) is 1. The van der Waals surface area contributed by atoms with Crippen LogP contribution in [0.4, 0.5) is 0 Å². The lowest BCUT2D eigenvalue weighted by Gasteiger charge is -2.13. The summed E-state index contributed by atoms with van der Waals surface area (Å²) in [5.74, 6) is 0.873. The van der Waals surface area contributed by atoms with Gasteiger partial charge in [-0.2, -0.15) is 0 Å². The van der Waals surface area contributed by atoms with Crippen molar-refractivity contribution < 1.29 is 14.6 Å². The monoisotopic (exact) mass is 358 g/mol. The molecule has 0 aliphatic carbocycles. The van der Waals surface area contributed by atoms with Gasteiger partial charge in [0, 0.05) is 0 Å². The number of ether oxygens (including phenoxy) is 1. The second-order valence-electron chi connectivity index (χ2n) is 6.94. The summed E-state index contributed by atoms with van der Waals surface area (Å²) in [6, 6.07) is 9.58. The first-order valence-corrected chi connectivity index (χ1v) is 8.75. The Morgan fingerprint density at radius 3 is 1.81 bits per heavy atom. The van der Waals surface area contributed by atoms with Gasteiger partial charge in [0.2, 0.25) is 0 Å². The van der Waals surface area contributed by atoms with Crippen molar-refractivity contribution in [3.05, 3.63) is 52.6 Å². The van der Waals surface area contributed by atoms with Crippen molar-refractivity contribution in [1.29, 1.82) is 0 Å². The molecule has 0 aliphatic rings. The Morgan fingerprint density at radius 1 is 0.962 bits per heavy atom. The van der Waals surface area contributed by atoms with Gasteiger partial charge in [-0.1, -0.05) is 40.3 Å². The number of aromatic carboxylic acids is 1. The van der Waals surface area contributed by atoms with E-state index in [0.29, 0.717) is 12.2 Å². The van der Waals surface area contributed by atoms with Gasteiger partial charge >= 0.3 is 5.97 Å². The predicted molar refractivity (Wildman–Crippen MR) is 111 cm³/mol. The van der Waals surface area contributed by atoms with E-state index in [9.17, 15) is 4.79 Å². The van der Waals surface area contributed by atoms with Gasteiger partial charge in [-0.3, -0.25) is 0 Å². The lowest BCUT2D eigenvalue weighted by Crippen LogP contribution is -2.00. The maximum absolute atomic E-state index is 11.1. The minimum atomic E-state index is -0.891. The van der Waals surface area contributed by atoms with Crippen LogP contribution in [0.1, 0.15) is 62.2 Å². The second-order valence-corrected chi connectivity index (χ2v) is 6.94. The number of hydrogen-bond acceptors (Lipinski definition) is 2. The first kappa shape index (κ1) is 23.7. The Bertz CT molecular complexity index is 704. The molecule has 0 spiro atoms. The molecule has 0 bridgehead atoms. The van der Waals surface area contributed by atoms with Crippen molar-refractivity contribution in [3.8, 4) is 16.9 Å². The number of carboxylic acids is 1. The molecule has 0 saturated heterocycles. The van der Waals surface area contributed by atoms with Gasteiger partial charge in [0.05, 0.1) is 12.2 Å². The Balaban J connectivity index is 0.00000113. The fraction of sp³-hybridized carbons (Fsp3) is 0.435. The van der Waals surface area contributed by atoms with Crippen molar-refractivity contribution in [2.24, 2.45) is 5.92 Å². The highest BCUT2D eigenvalue weighted by atomic mass is 16.5. The Hall–Kier alpha value is -2.29. The molecule has 0 amide bonds. The van der Waals surface area contributed by atoms with E-state index in [-0.39, 0.29) is 7.43 Å². The van der Waals surface area contributed by atoms with Gasteiger partial charge in [0.15, 0.2) is 0 Å². The molecule has 26 heavy (non-hydrogen) atoms. The topological polar surface area (TPSA) is 46.5 Å². The number of aryl methyl sites for hydroxylation is 3. The third-order valence-electron chi connectivity index (χ3n) is 3.54. The molecular weight excluding hydrogens is 324 g/mol.